The van der Waals surface area contributed by atoms with E-state index < -0.39 is 6.09 Å². The molecule has 19 heavy (non-hydrogen) atoms. The second-order valence-corrected chi connectivity index (χ2v) is 3.80. The number of nitrogens with one attached hydrogen (secondary N) is 2. The predicted molar refractivity (Wildman–Crippen MR) is 68.1 cm³/mol. The minimum atomic E-state index is -0.504. The van der Waals surface area contributed by atoms with Gasteiger partial charge in [-0.15, -0.1) is 0 Å². The molecule has 0 fully saturated rings. The van der Waals surface area contributed by atoms with Gasteiger partial charge < -0.3 is 15.4 Å². The highest BCUT2D eigenvalue weighted by molar-refractivity contribution is 5.78. The fourth-order valence-corrected chi connectivity index (χ4v) is 1.40. The monoisotopic (exact) mass is 268 g/mol. The molecule has 0 aliphatic rings. The molecule has 0 atom stereocenters. The maximum absolute atomic E-state index is 12.7. The fourth-order valence-electron chi connectivity index (χ4n) is 1.40. The van der Waals surface area contributed by atoms with Crippen LogP contribution >= 0.6 is 0 Å². The molecule has 0 aliphatic carbocycles. The molecule has 1 rings (SSSR count). The maximum atomic E-state index is 12.7. The lowest BCUT2D eigenvalue weighted by Gasteiger charge is -2.07. The SMILES string of the molecule is CCOC(=O)NCCNC(=O)Cc1ccc(F)cc1. The van der Waals surface area contributed by atoms with Crippen LogP contribution in [0.4, 0.5) is 9.18 Å². The Balaban J connectivity index is 2.18. The molecular formula is C13H17FN2O3. The van der Waals surface area contributed by atoms with E-state index in [4.69, 9.17) is 0 Å². The molecule has 0 heterocycles. The summed E-state index contributed by atoms with van der Waals surface area (Å²) in [6, 6.07) is 5.74. The van der Waals surface area contributed by atoms with Crippen LogP contribution < -0.4 is 10.6 Å². The van der Waals surface area contributed by atoms with E-state index in [1.165, 1.54) is 12.1 Å². The van der Waals surface area contributed by atoms with Crippen LogP contribution in [0.2, 0.25) is 0 Å². The molecule has 0 aliphatic heterocycles. The third kappa shape index (κ3) is 6.40. The van der Waals surface area contributed by atoms with Crippen LogP contribution in [0, 0.1) is 5.82 Å². The Morgan fingerprint density at radius 3 is 2.42 bits per heavy atom. The summed E-state index contributed by atoms with van der Waals surface area (Å²) in [6.07, 6.45) is -0.324. The van der Waals surface area contributed by atoms with E-state index in [2.05, 4.69) is 15.4 Å². The van der Waals surface area contributed by atoms with Crippen molar-refractivity contribution < 1.29 is 18.7 Å². The number of rotatable bonds is 6. The Morgan fingerprint density at radius 1 is 1.16 bits per heavy atom. The van der Waals surface area contributed by atoms with Crippen molar-refractivity contribution in [1.82, 2.24) is 10.6 Å². The van der Waals surface area contributed by atoms with Crippen LogP contribution in [0.1, 0.15) is 12.5 Å². The molecule has 1 aromatic carbocycles. The third-order valence-electron chi connectivity index (χ3n) is 2.27. The number of carbonyl (C=O) groups is 2. The molecule has 0 bridgehead atoms. The Hall–Kier alpha value is -2.11. The fraction of sp³-hybridized carbons (Fsp3) is 0.385. The Kier molecular flexibility index (Phi) is 6.35. The van der Waals surface area contributed by atoms with Crippen LogP contribution in [-0.2, 0) is 16.0 Å². The van der Waals surface area contributed by atoms with Gasteiger partial charge in [0, 0.05) is 13.1 Å². The van der Waals surface area contributed by atoms with Gasteiger partial charge in [0.2, 0.25) is 5.91 Å². The molecule has 104 valence electrons. The van der Waals surface area contributed by atoms with E-state index in [1.54, 1.807) is 19.1 Å². The summed E-state index contributed by atoms with van der Waals surface area (Å²) in [7, 11) is 0. The van der Waals surface area contributed by atoms with E-state index in [-0.39, 0.29) is 18.1 Å². The molecule has 2 N–H and O–H groups in total. The number of amides is 2. The van der Waals surface area contributed by atoms with Gasteiger partial charge in [-0.2, -0.15) is 0 Å². The largest absolute Gasteiger partial charge is 0.450 e. The first kappa shape index (κ1) is 14.9. The van der Waals surface area contributed by atoms with Crippen molar-refractivity contribution in [3.8, 4) is 0 Å². The molecular weight excluding hydrogens is 251 g/mol. The van der Waals surface area contributed by atoms with E-state index in [1.807, 2.05) is 0 Å². The van der Waals surface area contributed by atoms with Gasteiger partial charge in [0.25, 0.3) is 0 Å². The summed E-state index contributed by atoms with van der Waals surface area (Å²) in [5.74, 6) is -0.514. The van der Waals surface area contributed by atoms with Crippen molar-refractivity contribution in [3.05, 3.63) is 35.6 Å². The molecule has 0 spiro atoms. The molecule has 5 nitrogen and oxygen atoms in total. The molecule has 0 radical (unpaired) electrons. The van der Waals surface area contributed by atoms with Gasteiger partial charge in [-0.1, -0.05) is 12.1 Å². The van der Waals surface area contributed by atoms with E-state index in [0.717, 1.165) is 5.56 Å². The minimum absolute atomic E-state index is 0.180. The number of hydrogen-bond donors (Lipinski definition) is 2. The molecule has 0 saturated heterocycles. The molecule has 0 aromatic heterocycles. The van der Waals surface area contributed by atoms with Crippen molar-refractivity contribution in [3.63, 3.8) is 0 Å². The molecule has 0 unspecified atom stereocenters. The molecule has 0 saturated carbocycles. The molecule has 2 amide bonds. The standard InChI is InChI=1S/C13H17FN2O3/c1-2-19-13(18)16-8-7-15-12(17)9-10-3-5-11(14)6-4-10/h3-6H,2,7-9H2,1H3,(H,15,17)(H,16,18). The number of halogens is 1. The van der Waals surface area contributed by atoms with Gasteiger partial charge in [0.15, 0.2) is 0 Å². The zero-order valence-corrected chi connectivity index (χ0v) is 10.7. The number of hydrogen-bond acceptors (Lipinski definition) is 3. The number of ether oxygens (including phenoxy) is 1. The van der Waals surface area contributed by atoms with Crippen LogP contribution in [0.3, 0.4) is 0 Å². The van der Waals surface area contributed by atoms with Crippen LogP contribution in [0.25, 0.3) is 0 Å². The third-order valence-corrected chi connectivity index (χ3v) is 2.27. The van der Waals surface area contributed by atoms with Gasteiger partial charge in [-0.05, 0) is 24.6 Å². The summed E-state index contributed by atoms with van der Waals surface area (Å²) in [4.78, 5) is 22.4. The highest BCUT2D eigenvalue weighted by Crippen LogP contribution is 2.03. The van der Waals surface area contributed by atoms with Crippen molar-refractivity contribution in [2.45, 2.75) is 13.3 Å². The van der Waals surface area contributed by atoms with Crippen molar-refractivity contribution in [2.75, 3.05) is 19.7 Å². The van der Waals surface area contributed by atoms with E-state index in [9.17, 15) is 14.0 Å². The van der Waals surface area contributed by atoms with Gasteiger partial charge in [0.05, 0.1) is 13.0 Å². The van der Waals surface area contributed by atoms with Gasteiger partial charge in [-0.3, -0.25) is 4.79 Å². The first-order valence-electron chi connectivity index (χ1n) is 6.03. The summed E-state index contributed by atoms with van der Waals surface area (Å²) >= 11 is 0. The summed E-state index contributed by atoms with van der Waals surface area (Å²) < 4.78 is 17.3. The molecule has 1 aromatic rings. The van der Waals surface area contributed by atoms with Gasteiger partial charge in [-0.25, -0.2) is 9.18 Å². The van der Waals surface area contributed by atoms with Gasteiger partial charge in [0.1, 0.15) is 5.82 Å². The average Bonchev–Trinajstić information content (AvgIpc) is 2.38. The average molecular weight is 268 g/mol. The number of alkyl carbamates (subject to hydrolysis) is 1. The predicted octanol–water partition coefficient (Wildman–Crippen LogP) is 1.23. The van der Waals surface area contributed by atoms with E-state index in [0.29, 0.717) is 19.7 Å². The van der Waals surface area contributed by atoms with Crippen LogP contribution in [0.15, 0.2) is 24.3 Å². The van der Waals surface area contributed by atoms with Crippen molar-refractivity contribution in [2.24, 2.45) is 0 Å². The quantitative estimate of drug-likeness (QED) is 0.763. The Bertz CT molecular complexity index is 420. The smallest absolute Gasteiger partial charge is 0.407 e. The first-order chi connectivity index (χ1) is 9.11. The van der Waals surface area contributed by atoms with Crippen LogP contribution in [-0.4, -0.2) is 31.7 Å². The number of benzene rings is 1. The van der Waals surface area contributed by atoms with Gasteiger partial charge >= 0.3 is 6.09 Å². The summed E-state index contributed by atoms with van der Waals surface area (Å²) in [6.45, 7) is 2.64. The summed E-state index contributed by atoms with van der Waals surface area (Å²) in [5, 5.41) is 5.13. The zero-order valence-electron chi connectivity index (χ0n) is 10.7. The highest BCUT2D eigenvalue weighted by Gasteiger charge is 2.04. The lowest BCUT2D eigenvalue weighted by atomic mass is 10.1. The summed E-state index contributed by atoms with van der Waals surface area (Å²) in [5.41, 5.74) is 0.734. The lowest BCUT2D eigenvalue weighted by molar-refractivity contribution is -0.120. The second kappa shape index (κ2) is 8.07. The van der Waals surface area contributed by atoms with Crippen molar-refractivity contribution in [1.29, 1.82) is 0 Å². The second-order valence-electron chi connectivity index (χ2n) is 3.80. The highest BCUT2D eigenvalue weighted by atomic mass is 19.1. The van der Waals surface area contributed by atoms with Crippen molar-refractivity contribution >= 4 is 12.0 Å². The zero-order chi connectivity index (χ0) is 14.1. The maximum Gasteiger partial charge on any atom is 0.407 e. The van der Waals surface area contributed by atoms with Crippen LogP contribution in [0.5, 0.6) is 0 Å². The number of carbonyl (C=O) groups excluding carboxylic acids is 2. The molecule has 6 heteroatoms. The topological polar surface area (TPSA) is 67.4 Å². The lowest BCUT2D eigenvalue weighted by Crippen LogP contribution is -2.35. The van der Waals surface area contributed by atoms with E-state index >= 15 is 0 Å². The minimum Gasteiger partial charge on any atom is -0.450 e. The first-order valence-corrected chi connectivity index (χ1v) is 6.03. The Morgan fingerprint density at radius 2 is 1.79 bits per heavy atom. The Labute approximate surface area is 111 Å². The normalized spacial score (nSPS) is 9.79.